The van der Waals surface area contributed by atoms with Gasteiger partial charge in [0, 0.05) is 26.1 Å². The van der Waals surface area contributed by atoms with Crippen molar-refractivity contribution in [3.63, 3.8) is 0 Å². The van der Waals surface area contributed by atoms with E-state index in [9.17, 15) is 8.42 Å². The second-order valence-corrected chi connectivity index (χ2v) is 8.64. The van der Waals surface area contributed by atoms with Gasteiger partial charge in [-0.15, -0.1) is 0 Å². The van der Waals surface area contributed by atoms with E-state index >= 15 is 0 Å². The van der Waals surface area contributed by atoms with Crippen molar-refractivity contribution in [2.24, 2.45) is 0 Å². The zero-order valence-electron chi connectivity index (χ0n) is 10.4. The Kier molecular flexibility index (Phi) is 6.57. The summed E-state index contributed by atoms with van der Waals surface area (Å²) >= 11 is 5.82. The maximum Gasteiger partial charge on any atom is 0.147 e. The Balaban J connectivity index is 2.74. The number of halogens is 2. The third kappa shape index (κ3) is 5.54. The zero-order chi connectivity index (χ0) is 13.8. The van der Waals surface area contributed by atoms with Crippen molar-refractivity contribution in [2.45, 2.75) is 18.9 Å². The van der Waals surface area contributed by atoms with Crippen molar-refractivity contribution in [2.75, 3.05) is 19.1 Å². The highest BCUT2D eigenvalue weighted by Gasteiger charge is 2.14. The van der Waals surface area contributed by atoms with Crippen LogP contribution in [0.5, 0.6) is 0 Å². The minimum atomic E-state index is -2.87. The quantitative estimate of drug-likeness (QED) is 0.684. The predicted octanol–water partition coefficient (Wildman–Crippen LogP) is 3.14. The Morgan fingerprint density at radius 1 is 1.44 bits per heavy atom. The van der Waals surface area contributed by atoms with Crippen LogP contribution in [0.1, 0.15) is 24.4 Å². The van der Waals surface area contributed by atoms with Gasteiger partial charge in [-0.25, -0.2) is 8.42 Å². The lowest BCUT2D eigenvalue weighted by Gasteiger charge is -2.18. The molecule has 1 rings (SSSR count). The highest BCUT2D eigenvalue weighted by molar-refractivity contribution is 14.1. The van der Waals surface area contributed by atoms with Crippen LogP contribution in [0.2, 0.25) is 0 Å². The van der Waals surface area contributed by atoms with Gasteiger partial charge < -0.3 is 5.32 Å². The van der Waals surface area contributed by atoms with E-state index in [4.69, 9.17) is 0 Å². The van der Waals surface area contributed by atoms with E-state index < -0.39 is 9.84 Å². The molecular formula is C12H17BrINO2S. The molecule has 0 fully saturated rings. The van der Waals surface area contributed by atoms with Crippen molar-refractivity contribution in [3.8, 4) is 0 Å². The van der Waals surface area contributed by atoms with E-state index in [1.54, 1.807) is 0 Å². The maximum absolute atomic E-state index is 11.1. The molecule has 1 N–H and O–H groups in total. The first kappa shape index (κ1) is 16.4. The van der Waals surface area contributed by atoms with Crippen molar-refractivity contribution < 1.29 is 8.42 Å². The van der Waals surface area contributed by atoms with E-state index in [2.05, 4.69) is 49.9 Å². The molecule has 0 aromatic heterocycles. The summed E-state index contributed by atoms with van der Waals surface area (Å²) < 4.78 is 24.5. The number of hydrogen-bond acceptors (Lipinski definition) is 3. The second-order valence-electron chi connectivity index (χ2n) is 4.28. The Morgan fingerprint density at radius 2 is 2.11 bits per heavy atom. The summed E-state index contributed by atoms with van der Waals surface area (Å²) in [6, 6.07) is 6.36. The molecule has 0 saturated carbocycles. The van der Waals surface area contributed by atoms with Crippen LogP contribution < -0.4 is 5.32 Å². The van der Waals surface area contributed by atoms with Gasteiger partial charge in [-0.3, -0.25) is 0 Å². The number of sulfone groups is 1. The normalized spacial score (nSPS) is 13.6. The first-order valence-corrected chi connectivity index (χ1v) is 9.56. The summed E-state index contributed by atoms with van der Waals surface area (Å²) in [6.07, 6.45) is 2.76. The minimum absolute atomic E-state index is 0.177. The van der Waals surface area contributed by atoms with Gasteiger partial charge in [-0.05, 0) is 66.2 Å². The van der Waals surface area contributed by atoms with Crippen LogP contribution in [0.25, 0.3) is 0 Å². The molecule has 0 aliphatic rings. The fourth-order valence-electron chi connectivity index (χ4n) is 1.79. The number of hydrogen-bond donors (Lipinski definition) is 1. The van der Waals surface area contributed by atoms with Gasteiger partial charge in [-0.2, -0.15) is 0 Å². The molecule has 6 heteroatoms. The van der Waals surface area contributed by atoms with Gasteiger partial charge in [0.25, 0.3) is 0 Å². The molecule has 1 unspecified atom stereocenters. The highest BCUT2D eigenvalue weighted by atomic mass is 127. The lowest BCUT2D eigenvalue weighted by atomic mass is 10.0. The SMILES string of the molecule is CNC(CCCS(C)(=O)=O)c1cc(I)ccc1Br. The lowest BCUT2D eigenvalue weighted by molar-refractivity contribution is 0.534. The van der Waals surface area contributed by atoms with Gasteiger partial charge in [0.2, 0.25) is 0 Å². The molecule has 18 heavy (non-hydrogen) atoms. The molecule has 0 radical (unpaired) electrons. The van der Waals surface area contributed by atoms with Gasteiger partial charge in [0.1, 0.15) is 9.84 Å². The number of nitrogens with one attached hydrogen (secondary N) is 1. The second kappa shape index (κ2) is 7.21. The molecule has 0 aliphatic carbocycles. The fourth-order valence-corrected chi connectivity index (χ4v) is 3.52. The summed E-state index contributed by atoms with van der Waals surface area (Å²) in [4.78, 5) is 0. The van der Waals surface area contributed by atoms with E-state index in [0.717, 1.165) is 10.9 Å². The highest BCUT2D eigenvalue weighted by Crippen LogP contribution is 2.28. The van der Waals surface area contributed by atoms with E-state index in [1.807, 2.05) is 19.2 Å². The van der Waals surface area contributed by atoms with Crippen LogP contribution in [0.3, 0.4) is 0 Å². The van der Waals surface area contributed by atoms with Crippen LogP contribution in [-0.4, -0.2) is 27.5 Å². The first-order chi connectivity index (χ1) is 8.33. The maximum atomic E-state index is 11.1. The van der Waals surface area contributed by atoms with Gasteiger partial charge in [0.05, 0.1) is 0 Å². The predicted molar refractivity (Wildman–Crippen MR) is 87.6 cm³/mol. The average Bonchev–Trinajstić information content (AvgIpc) is 2.27. The van der Waals surface area contributed by atoms with Crippen molar-refractivity contribution >= 4 is 48.4 Å². The van der Waals surface area contributed by atoms with Gasteiger partial charge in [-0.1, -0.05) is 15.9 Å². The standard InChI is InChI=1S/C12H17BrINO2S/c1-15-12(4-3-7-18(2,16)17)10-8-9(14)5-6-11(10)13/h5-6,8,12,15H,3-4,7H2,1-2H3. The Morgan fingerprint density at radius 3 is 2.67 bits per heavy atom. The molecule has 1 atom stereocenters. The Hall–Kier alpha value is 0.340. The van der Waals surface area contributed by atoms with E-state index in [1.165, 1.54) is 15.4 Å². The smallest absolute Gasteiger partial charge is 0.147 e. The van der Waals surface area contributed by atoms with Crippen LogP contribution in [0, 0.1) is 3.57 Å². The topological polar surface area (TPSA) is 46.2 Å². The molecular weight excluding hydrogens is 429 g/mol. The van der Waals surface area contributed by atoms with E-state index in [-0.39, 0.29) is 11.8 Å². The summed E-state index contributed by atoms with van der Waals surface area (Å²) in [6.45, 7) is 0. The Bertz CT molecular complexity index is 505. The molecule has 0 heterocycles. The van der Waals surface area contributed by atoms with Gasteiger partial charge in [0.15, 0.2) is 0 Å². The minimum Gasteiger partial charge on any atom is -0.313 e. The van der Waals surface area contributed by atoms with Crippen molar-refractivity contribution in [3.05, 3.63) is 31.8 Å². The van der Waals surface area contributed by atoms with E-state index in [0.29, 0.717) is 6.42 Å². The van der Waals surface area contributed by atoms with Crippen molar-refractivity contribution in [1.82, 2.24) is 5.32 Å². The van der Waals surface area contributed by atoms with Crippen LogP contribution in [0.4, 0.5) is 0 Å². The molecule has 0 bridgehead atoms. The molecule has 3 nitrogen and oxygen atoms in total. The third-order valence-corrected chi connectivity index (χ3v) is 5.11. The zero-order valence-corrected chi connectivity index (χ0v) is 15.0. The monoisotopic (exact) mass is 445 g/mol. The summed E-state index contributed by atoms with van der Waals surface area (Å²) in [5.74, 6) is 0.243. The molecule has 1 aromatic carbocycles. The largest absolute Gasteiger partial charge is 0.313 e. The third-order valence-electron chi connectivity index (χ3n) is 2.69. The molecule has 0 aliphatic heterocycles. The van der Waals surface area contributed by atoms with Crippen LogP contribution in [-0.2, 0) is 9.84 Å². The molecule has 1 aromatic rings. The van der Waals surface area contributed by atoms with Gasteiger partial charge >= 0.3 is 0 Å². The lowest BCUT2D eigenvalue weighted by Crippen LogP contribution is -2.18. The average molecular weight is 446 g/mol. The first-order valence-electron chi connectivity index (χ1n) is 5.63. The van der Waals surface area contributed by atoms with Crippen LogP contribution in [0.15, 0.2) is 22.7 Å². The molecule has 0 spiro atoms. The van der Waals surface area contributed by atoms with Crippen molar-refractivity contribution in [1.29, 1.82) is 0 Å². The van der Waals surface area contributed by atoms with Crippen LogP contribution >= 0.6 is 38.5 Å². The molecule has 102 valence electrons. The molecule has 0 saturated heterocycles. The summed E-state index contributed by atoms with van der Waals surface area (Å²) in [7, 11) is -0.969. The number of benzene rings is 1. The fraction of sp³-hybridized carbons (Fsp3) is 0.500. The molecule has 0 amide bonds. The number of rotatable bonds is 6. The summed E-state index contributed by atoms with van der Waals surface area (Å²) in [5.41, 5.74) is 1.18. The Labute approximate surface area is 131 Å². The summed E-state index contributed by atoms with van der Waals surface area (Å²) in [5, 5.41) is 3.24.